The van der Waals surface area contributed by atoms with E-state index in [1.165, 1.54) is 29.4 Å². The van der Waals surface area contributed by atoms with Crippen LogP contribution in [0, 0.1) is 24.0 Å². The molecule has 25 heteroatoms. The number of likely N-dealkylation sites (tertiary alicyclic amines) is 1. The van der Waals surface area contributed by atoms with Gasteiger partial charge in [0.2, 0.25) is 29.6 Å². The van der Waals surface area contributed by atoms with Crippen LogP contribution in [0.1, 0.15) is 81.1 Å². The Morgan fingerprint density at radius 1 is 0.810 bits per heavy atom. The number of hydrogen-bond donors (Lipinski definition) is 4. The highest BCUT2D eigenvalue weighted by atomic mass is 32.1. The van der Waals surface area contributed by atoms with Crippen LogP contribution in [0.2, 0.25) is 0 Å². The number of aliphatic hydroxyl groups excluding tert-OH is 1. The molecule has 3 fully saturated rings. The van der Waals surface area contributed by atoms with Crippen molar-refractivity contribution in [1.29, 1.82) is 0 Å². The van der Waals surface area contributed by atoms with Gasteiger partial charge in [0.05, 0.1) is 77.5 Å². The van der Waals surface area contributed by atoms with Crippen LogP contribution in [-0.2, 0) is 41.4 Å². The summed E-state index contributed by atoms with van der Waals surface area (Å²) in [5, 5.41) is 18.9. The second-order valence-electron chi connectivity index (χ2n) is 22.6. The zero-order valence-electron chi connectivity index (χ0n) is 48.1. The summed E-state index contributed by atoms with van der Waals surface area (Å²) in [6.45, 7) is 14.4. The van der Waals surface area contributed by atoms with Crippen molar-refractivity contribution in [1.82, 2.24) is 40.3 Å². The first-order valence-corrected chi connectivity index (χ1v) is 28.8. The Bertz CT molecular complexity index is 3130. The van der Waals surface area contributed by atoms with Gasteiger partial charge in [-0.2, -0.15) is 13.2 Å². The van der Waals surface area contributed by atoms with Gasteiger partial charge < -0.3 is 50.1 Å². The highest BCUT2D eigenvalue weighted by molar-refractivity contribution is 7.13. The number of benzene rings is 3. The molecule has 3 aliphatic heterocycles. The number of nitrogens with one attached hydrogen (secondary N) is 3. The SMILES string of the molecule is Cc1ncsc1-c1ccc(CNC(=O)[C@@H]2C[C@H](O)CN2C(=O)[C@@H](NC(=O)CCOCCOCCC(=O)N2CCN(c3ncc(-c4cc(NC(=O)c5ccc(F)cc5C(F)(F)F)c(N5C[C@@H](C)N(C)[C@@H](C)C5)cc4F)cn3)CC2)C(C)(C)C)cc1. The van der Waals surface area contributed by atoms with Crippen molar-refractivity contribution in [3.8, 4) is 21.6 Å². The van der Waals surface area contributed by atoms with E-state index in [1.54, 1.807) is 21.7 Å². The molecule has 0 radical (unpaired) electrons. The molecule has 19 nitrogen and oxygen atoms in total. The minimum absolute atomic E-state index is 0.0133. The predicted molar refractivity (Wildman–Crippen MR) is 307 cm³/mol. The Balaban J connectivity index is 0.759. The zero-order chi connectivity index (χ0) is 60.6. The number of aromatic nitrogens is 3. The van der Waals surface area contributed by atoms with E-state index in [0.29, 0.717) is 45.2 Å². The number of aliphatic hydroxyl groups is 1. The number of hydrogen-bond acceptors (Lipinski definition) is 15. The van der Waals surface area contributed by atoms with Crippen LogP contribution in [-0.4, -0.2) is 174 Å². The van der Waals surface area contributed by atoms with Crippen molar-refractivity contribution in [3.05, 3.63) is 107 Å². The summed E-state index contributed by atoms with van der Waals surface area (Å²) in [6.07, 6.45) is -3.01. The highest BCUT2D eigenvalue weighted by Crippen LogP contribution is 2.38. The number of nitrogens with zero attached hydrogens (tertiary/aromatic N) is 8. The molecule has 5 heterocycles. The molecule has 0 bridgehead atoms. The molecule has 4 N–H and O–H groups in total. The van der Waals surface area contributed by atoms with Crippen LogP contribution in [0.3, 0.4) is 0 Å². The van der Waals surface area contributed by atoms with Crippen molar-refractivity contribution >= 4 is 58.2 Å². The van der Waals surface area contributed by atoms with E-state index in [-0.39, 0.29) is 105 Å². The number of aryl methyl sites for hydroxylation is 1. The predicted octanol–water partition coefficient (Wildman–Crippen LogP) is 6.92. The first-order valence-electron chi connectivity index (χ1n) is 27.9. The Morgan fingerprint density at radius 3 is 2.08 bits per heavy atom. The zero-order valence-corrected chi connectivity index (χ0v) is 48.9. The molecule has 8 rings (SSSR count). The molecule has 3 saturated heterocycles. The molecule has 84 heavy (non-hydrogen) atoms. The summed E-state index contributed by atoms with van der Waals surface area (Å²) >= 11 is 1.55. The van der Waals surface area contributed by atoms with Gasteiger partial charge in [0, 0.05) is 101 Å². The van der Waals surface area contributed by atoms with Crippen molar-refractivity contribution < 1.29 is 60.5 Å². The van der Waals surface area contributed by atoms with Gasteiger partial charge in [-0.05, 0) is 74.7 Å². The van der Waals surface area contributed by atoms with E-state index >= 15 is 4.39 Å². The second-order valence-corrected chi connectivity index (χ2v) is 23.4. The number of alkyl halides is 3. The molecule has 452 valence electrons. The fraction of sp³-hybridized carbons (Fsp3) is 0.492. The molecular weight excluding hydrogens is 1120 g/mol. The number of carbonyl (C=O) groups is 5. The van der Waals surface area contributed by atoms with Crippen LogP contribution in [0.4, 0.5) is 39.3 Å². The molecule has 2 aromatic heterocycles. The quantitative estimate of drug-likeness (QED) is 0.0460. The van der Waals surface area contributed by atoms with Gasteiger partial charge in [-0.1, -0.05) is 45.0 Å². The van der Waals surface area contributed by atoms with E-state index in [4.69, 9.17) is 9.47 Å². The van der Waals surface area contributed by atoms with Gasteiger partial charge in [0.1, 0.15) is 23.7 Å². The highest BCUT2D eigenvalue weighted by Gasteiger charge is 2.45. The van der Waals surface area contributed by atoms with E-state index in [0.717, 1.165) is 33.8 Å². The third-order valence-corrected chi connectivity index (χ3v) is 16.4. The number of thiazole rings is 1. The minimum Gasteiger partial charge on any atom is -0.391 e. The van der Waals surface area contributed by atoms with Gasteiger partial charge in [-0.15, -0.1) is 11.3 Å². The van der Waals surface area contributed by atoms with Crippen LogP contribution in [0.15, 0.2) is 72.5 Å². The van der Waals surface area contributed by atoms with Gasteiger partial charge >= 0.3 is 6.18 Å². The Kier molecular flexibility index (Phi) is 20.4. The maximum Gasteiger partial charge on any atom is 0.417 e. The van der Waals surface area contributed by atoms with Crippen LogP contribution in [0.5, 0.6) is 0 Å². The number of halogens is 5. The van der Waals surface area contributed by atoms with Gasteiger partial charge in [-0.3, -0.25) is 28.9 Å². The van der Waals surface area contributed by atoms with Crippen molar-refractivity contribution in [2.75, 3.05) is 94.4 Å². The van der Waals surface area contributed by atoms with E-state index < -0.39 is 76.2 Å². The number of likely N-dealkylation sites (N-methyl/N-ethyl adjacent to an activating group) is 1. The van der Waals surface area contributed by atoms with E-state index in [9.17, 15) is 46.6 Å². The molecule has 0 spiro atoms. The lowest BCUT2D eigenvalue weighted by Crippen LogP contribution is -2.57. The number of rotatable bonds is 20. The summed E-state index contributed by atoms with van der Waals surface area (Å²) in [6, 6.07) is 10.2. The van der Waals surface area contributed by atoms with Gasteiger partial charge in [-0.25, -0.2) is 23.7 Å². The molecule has 5 atom stereocenters. The molecule has 0 aliphatic carbocycles. The standard InChI is InChI=1S/C59H72F5N11O8S/c1-35-31-74(32-36(2)71(35)7)48-27-46(61)44(26-47(48)69-54(79)43-13-12-41(60)24-45(43)59(62,63)64)40-29-66-57(67-30-40)73-18-16-72(17-19-73)51(78)15-21-83-23-22-82-20-14-50(77)70-53(58(4,5)6)56(81)75-33-42(76)25-49(75)55(80)65-28-38-8-10-39(11-9-38)52-37(3)68-34-84-52/h8-13,24,26-27,29-30,34-36,42,49,53,76H,14-23,25,28,31-33H2,1-7H3,(H,65,80)(H,69,79)(H,70,77)/t35-,36+,42-,49-,53+/m0/s1. The van der Waals surface area contributed by atoms with E-state index in [1.807, 2.05) is 82.7 Å². The van der Waals surface area contributed by atoms with Crippen molar-refractivity contribution in [2.45, 2.75) is 104 Å². The van der Waals surface area contributed by atoms with Gasteiger partial charge in [0.15, 0.2) is 0 Å². The fourth-order valence-electron chi connectivity index (χ4n) is 10.5. The lowest BCUT2D eigenvalue weighted by molar-refractivity contribution is -0.144. The Labute approximate surface area is 488 Å². The molecule has 0 saturated carbocycles. The first-order chi connectivity index (χ1) is 39.9. The maximum absolute atomic E-state index is 16.2. The fourth-order valence-corrected chi connectivity index (χ4v) is 11.3. The van der Waals surface area contributed by atoms with Gasteiger partial charge in [0.25, 0.3) is 5.91 Å². The molecular formula is C59H72F5N11O8S. The third kappa shape index (κ3) is 15.6. The number of β-amino-alcohol motifs (C(OH)–C–C–N with tert-alkyl or cyclic N) is 1. The normalized spacial score (nSPS) is 19.1. The molecule has 5 aromatic rings. The molecule has 0 unspecified atom stereocenters. The van der Waals surface area contributed by atoms with E-state index in [2.05, 4.69) is 35.8 Å². The Hall–Kier alpha value is -7.19. The molecule has 3 aromatic carbocycles. The minimum atomic E-state index is -5.03. The summed E-state index contributed by atoms with van der Waals surface area (Å²) in [5.41, 5.74) is 2.15. The van der Waals surface area contributed by atoms with Crippen LogP contribution >= 0.6 is 11.3 Å². The summed E-state index contributed by atoms with van der Waals surface area (Å²) in [4.78, 5) is 90.6. The smallest absolute Gasteiger partial charge is 0.391 e. The number of piperazine rings is 2. The molecule has 3 aliphatic rings. The maximum atomic E-state index is 16.2. The van der Waals surface area contributed by atoms with Crippen molar-refractivity contribution in [3.63, 3.8) is 0 Å². The first kappa shape index (κ1) is 62.8. The lowest BCUT2D eigenvalue weighted by Gasteiger charge is -2.44. The van der Waals surface area contributed by atoms with Crippen LogP contribution in [0.25, 0.3) is 21.6 Å². The number of ether oxygens (including phenoxy) is 2. The second kappa shape index (κ2) is 27.2. The van der Waals surface area contributed by atoms with Crippen molar-refractivity contribution in [2.24, 2.45) is 5.41 Å². The Morgan fingerprint density at radius 2 is 1.46 bits per heavy atom. The lowest BCUT2D eigenvalue weighted by atomic mass is 9.85. The summed E-state index contributed by atoms with van der Waals surface area (Å²) < 4.78 is 83.4. The average Bonchev–Trinajstić information content (AvgIpc) is 4.16. The molecule has 5 amide bonds. The largest absolute Gasteiger partial charge is 0.417 e. The number of anilines is 3. The monoisotopic (exact) mass is 1190 g/mol. The summed E-state index contributed by atoms with van der Waals surface area (Å²) in [5.74, 6) is -4.10. The topological polar surface area (TPSA) is 215 Å². The third-order valence-electron chi connectivity index (χ3n) is 15.4. The summed E-state index contributed by atoms with van der Waals surface area (Å²) in [7, 11) is 1.96. The number of carbonyl (C=O) groups excluding carboxylic acids is 5. The average molecular weight is 1190 g/mol. The van der Waals surface area contributed by atoms with Crippen LogP contribution < -0.4 is 25.8 Å². The number of amides is 5.